The third-order valence-electron chi connectivity index (χ3n) is 4.15. The second-order valence-corrected chi connectivity index (χ2v) is 8.87. The van der Waals surface area contributed by atoms with Crippen molar-refractivity contribution in [1.82, 2.24) is 4.90 Å². The number of halogens is 3. The van der Waals surface area contributed by atoms with Gasteiger partial charge in [-0.2, -0.15) is 26.0 Å². The summed E-state index contributed by atoms with van der Waals surface area (Å²) in [4.78, 5) is 1.79. The van der Waals surface area contributed by atoms with Gasteiger partial charge in [0, 0.05) is 19.3 Å². The van der Waals surface area contributed by atoms with Crippen molar-refractivity contribution in [1.29, 1.82) is 0 Å². The maximum absolute atomic E-state index is 12.9. The first kappa shape index (κ1) is 23.0. The number of fused-ring (bicyclic) bond motifs is 1. The van der Waals surface area contributed by atoms with Crippen LogP contribution in [-0.2, 0) is 14.8 Å². The first-order valence-corrected chi connectivity index (χ1v) is 11.1. The van der Waals surface area contributed by atoms with E-state index in [0.29, 0.717) is 18.7 Å². The minimum absolute atomic E-state index is 0.0671. The molecule has 0 spiro atoms. The highest BCUT2D eigenvalue weighted by Gasteiger charge is 2.46. The number of azo groups is 1. The van der Waals surface area contributed by atoms with E-state index in [9.17, 15) is 26.7 Å². The minimum atomic E-state index is -5.80. The van der Waals surface area contributed by atoms with Gasteiger partial charge in [0.25, 0.3) is 0 Å². The highest BCUT2D eigenvalue weighted by atomic mass is 32.2. The summed E-state index contributed by atoms with van der Waals surface area (Å²) in [6, 6.07) is 0. The Morgan fingerprint density at radius 1 is 1.29 bits per heavy atom. The standard InChI is InChI=1S/C16H17F3N6O4S2/c1-3-29-14(26)13-21-23-15(30-13)22-20-10-7-9-5-4-6-25(2)12(9)8-11(10)24-31(27,28)16(17,18)19/h7-8,26H,3-6H2,1-2H3/p-1. The maximum atomic E-state index is 12.9. The van der Waals surface area contributed by atoms with Gasteiger partial charge < -0.3 is 14.7 Å². The molecule has 0 bridgehead atoms. The lowest BCUT2D eigenvalue weighted by molar-refractivity contribution is -0.357. The maximum Gasteiger partial charge on any atom is 0.518 e. The normalized spacial score (nSPS) is 25.1. The molecule has 10 nitrogen and oxygen atoms in total. The van der Waals surface area contributed by atoms with Gasteiger partial charge >= 0.3 is 15.5 Å². The summed E-state index contributed by atoms with van der Waals surface area (Å²) < 4.78 is 69.5. The predicted molar refractivity (Wildman–Crippen MR) is 106 cm³/mol. The molecule has 1 fully saturated rings. The summed E-state index contributed by atoms with van der Waals surface area (Å²) in [6.07, 6.45) is 4.10. The molecule has 0 aromatic heterocycles. The van der Waals surface area contributed by atoms with Gasteiger partial charge in [0.05, 0.1) is 5.95 Å². The Labute approximate surface area is 179 Å². The third kappa shape index (κ3) is 5.15. The summed E-state index contributed by atoms with van der Waals surface area (Å²) in [6.45, 7) is 2.41. The molecule has 3 rings (SSSR count). The number of hydrogen-bond acceptors (Lipinski definition) is 9. The van der Waals surface area contributed by atoms with E-state index in [4.69, 9.17) is 4.74 Å². The number of likely N-dealkylation sites (N-methyl/N-ethyl adjacent to an activating group) is 1. The molecule has 0 N–H and O–H groups in total. The lowest BCUT2D eigenvalue weighted by atomic mass is 9.93. The Kier molecular flexibility index (Phi) is 6.54. The van der Waals surface area contributed by atoms with Crippen molar-refractivity contribution in [3.05, 3.63) is 34.4 Å². The van der Waals surface area contributed by atoms with Crippen LogP contribution < -0.4 is 5.11 Å². The SMILES string of the molecule is CCOC([O-])=C1N=NC(=NN=C2C=C3CCCN(C)C3=CC2=NS(=O)(=O)C(F)(F)F)S1. The van der Waals surface area contributed by atoms with Gasteiger partial charge in [-0.15, -0.1) is 20.4 Å². The number of allylic oxidation sites excluding steroid dienone is 3. The summed E-state index contributed by atoms with van der Waals surface area (Å²) >= 11 is 0.758. The molecule has 1 saturated heterocycles. The second-order valence-electron chi connectivity index (χ2n) is 6.32. The number of alkyl halides is 3. The topological polar surface area (TPSA) is 131 Å². The van der Waals surface area contributed by atoms with Crippen molar-refractivity contribution >= 4 is 38.4 Å². The molecule has 1 aliphatic carbocycles. The molecule has 0 saturated carbocycles. The highest BCUT2D eigenvalue weighted by Crippen LogP contribution is 2.31. The number of piperidine rings is 1. The molecule has 0 unspecified atom stereocenters. The molecule has 31 heavy (non-hydrogen) atoms. The number of ether oxygens (including phenoxy) is 1. The lowest BCUT2D eigenvalue weighted by Gasteiger charge is -2.32. The Hall–Kier alpha value is -2.68. The van der Waals surface area contributed by atoms with Crippen molar-refractivity contribution in [2.45, 2.75) is 25.3 Å². The van der Waals surface area contributed by atoms with Crippen LogP contribution in [-0.4, -0.2) is 55.6 Å². The zero-order valence-corrected chi connectivity index (χ0v) is 17.9. The van der Waals surface area contributed by atoms with Gasteiger partial charge in [-0.3, -0.25) is 0 Å². The van der Waals surface area contributed by atoms with Crippen molar-refractivity contribution in [3.63, 3.8) is 0 Å². The molecule has 0 aromatic carbocycles. The minimum Gasteiger partial charge on any atom is -0.612 e. The van der Waals surface area contributed by atoms with Crippen LogP contribution in [0.2, 0.25) is 0 Å². The van der Waals surface area contributed by atoms with Crippen molar-refractivity contribution in [3.8, 4) is 0 Å². The average Bonchev–Trinajstić information content (AvgIpc) is 3.15. The van der Waals surface area contributed by atoms with Crippen LogP contribution in [0, 0.1) is 0 Å². The van der Waals surface area contributed by atoms with E-state index in [1.807, 2.05) is 0 Å². The summed E-state index contributed by atoms with van der Waals surface area (Å²) in [5.74, 6) is -0.703. The molecular weight excluding hydrogens is 461 g/mol. The Balaban J connectivity index is 2.00. The van der Waals surface area contributed by atoms with Crippen LogP contribution in [0.1, 0.15) is 19.8 Å². The molecule has 0 atom stereocenters. The zero-order valence-electron chi connectivity index (χ0n) is 16.2. The molecule has 3 aliphatic rings. The fourth-order valence-corrected chi connectivity index (χ4v) is 3.82. The van der Waals surface area contributed by atoms with Crippen LogP contribution >= 0.6 is 11.8 Å². The Morgan fingerprint density at radius 3 is 2.71 bits per heavy atom. The number of nitrogens with zero attached hydrogens (tertiary/aromatic N) is 6. The van der Waals surface area contributed by atoms with E-state index >= 15 is 0 Å². The smallest absolute Gasteiger partial charge is 0.518 e. The fourth-order valence-electron chi connectivity index (χ4n) is 2.75. The zero-order chi connectivity index (χ0) is 22.8. The highest BCUT2D eigenvalue weighted by molar-refractivity contribution is 8.17. The van der Waals surface area contributed by atoms with Gasteiger partial charge in [-0.1, -0.05) is 6.92 Å². The van der Waals surface area contributed by atoms with Crippen LogP contribution in [0.3, 0.4) is 0 Å². The van der Waals surface area contributed by atoms with Gasteiger partial charge in [-0.05, 0) is 48.9 Å². The predicted octanol–water partition coefficient (Wildman–Crippen LogP) is 2.26. The van der Waals surface area contributed by atoms with E-state index in [1.165, 1.54) is 12.2 Å². The van der Waals surface area contributed by atoms with Crippen molar-refractivity contribution < 1.29 is 31.4 Å². The first-order valence-electron chi connectivity index (χ1n) is 8.86. The van der Waals surface area contributed by atoms with Crippen molar-refractivity contribution in [2.24, 2.45) is 24.8 Å². The van der Waals surface area contributed by atoms with E-state index in [2.05, 4.69) is 24.8 Å². The lowest BCUT2D eigenvalue weighted by Crippen LogP contribution is -2.31. The van der Waals surface area contributed by atoms with Gasteiger partial charge in [-0.25, -0.2) is 0 Å². The van der Waals surface area contributed by atoms with Crippen LogP contribution in [0.5, 0.6) is 0 Å². The second kappa shape index (κ2) is 8.82. The average molecular weight is 477 g/mol. The molecule has 0 amide bonds. The van der Waals surface area contributed by atoms with Gasteiger partial charge in [0.2, 0.25) is 5.17 Å². The molecule has 2 aliphatic heterocycles. The van der Waals surface area contributed by atoms with Crippen LogP contribution in [0.4, 0.5) is 13.2 Å². The summed E-state index contributed by atoms with van der Waals surface area (Å²) in [5.41, 5.74) is -4.94. The van der Waals surface area contributed by atoms with Gasteiger partial charge in [0.15, 0.2) is 0 Å². The molecule has 15 heteroatoms. The summed E-state index contributed by atoms with van der Waals surface area (Å²) in [5, 5.41) is 26.4. The molecule has 2 heterocycles. The van der Waals surface area contributed by atoms with E-state index in [1.54, 1.807) is 18.9 Å². The Morgan fingerprint density at radius 2 is 2.03 bits per heavy atom. The number of amidine groups is 1. The number of likely N-dealkylation sites (tertiary alicyclic amines) is 1. The number of rotatable bonds is 4. The molecular formula is C16H16F3N6O4S2-. The van der Waals surface area contributed by atoms with E-state index < -0.39 is 27.2 Å². The molecule has 0 aromatic rings. The number of thioether (sulfide) groups is 1. The van der Waals surface area contributed by atoms with E-state index in [0.717, 1.165) is 23.8 Å². The monoisotopic (exact) mass is 477 g/mol. The molecule has 168 valence electrons. The summed E-state index contributed by atoms with van der Waals surface area (Å²) in [7, 11) is -4.06. The largest absolute Gasteiger partial charge is 0.612 e. The number of hydrogen-bond donors (Lipinski definition) is 0. The van der Waals surface area contributed by atoms with Crippen LogP contribution in [0.15, 0.2) is 59.2 Å². The quantitative estimate of drug-likeness (QED) is 0.347. The van der Waals surface area contributed by atoms with Gasteiger partial charge in [0.1, 0.15) is 16.5 Å². The number of sulfonamides is 1. The van der Waals surface area contributed by atoms with Crippen LogP contribution in [0.25, 0.3) is 0 Å². The van der Waals surface area contributed by atoms with E-state index in [-0.39, 0.29) is 22.5 Å². The molecule has 0 radical (unpaired) electrons. The first-order chi connectivity index (χ1) is 14.5. The Bertz CT molecular complexity index is 1090. The van der Waals surface area contributed by atoms with Crippen molar-refractivity contribution in [2.75, 3.05) is 20.2 Å². The third-order valence-corrected chi connectivity index (χ3v) is 5.95. The fraction of sp³-hybridized carbons (Fsp3) is 0.438.